The number of urea groups is 1. The molecule has 204 valence electrons. The van der Waals surface area contributed by atoms with Gasteiger partial charge in [0.2, 0.25) is 0 Å². The third-order valence-corrected chi connectivity index (χ3v) is 7.39. The first-order chi connectivity index (χ1) is 17.8. The number of nitrogens with one attached hydrogen (secondary N) is 1. The molecule has 0 heterocycles. The Bertz CT molecular complexity index is 1340. The highest BCUT2D eigenvalue weighted by Gasteiger charge is 2.32. The Kier molecular flexibility index (Phi) is 9.09. The van der Waals surface area contributed by atoms with E-state index in [0.29, 0.717) is 17.7 Å². The molecular weight excluding hydrogens is 517 g/mol. The number of halogens is 3. The lowest BCUT2D eigenvalue weighted by molar-refractivity contribution is -0.137. The molecule has 0 bridgehead atoms. The average Bonchev–Trinajstić information content (AvgIpc) is 2.87. The molecule has 3 aromatic carbocycles. The molecule has 0 aliphatic rings. The van der Waals surface area contributed by atoms with Gasteiger partial charge in [-0.25, -0.2) is 4.79 Å². The van der Waals surface area contributed by atoms with Crippen molar-refractivity contribution in [1.29, 1.82) is 0 Å². The van der Waals surface area contributed by atoms with E-state index >= 15 is 0 Å². The fourth-order valence-electron chi connectivity index (χ4n) is 3.64. The second-order valence-corrected chi connectivity index (χ2v) is 10.8. The predicted octanol–water partition coefficient (Wildman–Crippen LogP) is 7.43. The average molecular weight is 549 g/mol. The predicted molar refractivity (Wildman–Crippen MR) is 141 cm³/mol. The number of hydrogen-bond donors (Lipinski definition) is 1. The van der Waals surface area contributed by atoms with Crippen molar-refractivity contribution in [1.82, 2.24) is 4.90 Å². The molecule has 10 heteroatoms. The molecule has 0 radical (unpaired) electrons. The van der Waals surface area contributed by atoms with Gasteiger partial charge in [-0.05, 0) is 72.9 Å². The third kappa shape index (κ3) is 7.50. The van der Waals surface area contributed by atoms with E-state index in [4.69, 9.17) is 4.18 Å². The van der Waals surface area contributed by atoms with E-state index in [-0.39, 0.29) is 24.4 Å². The van der Waals surface area contributed by atoms with E-state index in [1.165, 1.54) is 17.7 Å². The van der Waals surface area contributed by atoms with Gasteiger partial charge in [-0.2, -0.15) is 21.6 Å². The molecule has 3 rings (SSSR count). The lowest BCUT2D eigenvalue weighted by Gasteiger charge is -2.29. The second-order valence-electron chi connectivity index (χ2n) is 9.30. The van der Waals surface area contributed by atoms with Crippen LogP contribution in [0.3, 0.4) is 0 Å². The van der Waals surface area contributed by atoms with Crippen LogP contribution in [0.15, 0.2) is 77.7 Å². The van der Waals surface area contributed by atoms with Crippen molar-refractivity contribution in [3.63, 3.8) is 0 Å². The first-order valence-electron chi connectivity index (χ1n) is 12.2. The van der Waals surface area contributed by atoms with Crippen LogP contribution in [0.5, 0.6) is 5.75 Å². The molecule has 0 unspecified atom stereocenters. The van der Waals surface area contributed by atoms with Crippen molar-refractivity contribution < 1.29 is 30.6 Å². The Morgan fingerprint density at radius 3 is 2.16 bits per heavy atom. The summed E-state index contributed by atoms with van der Waals surface area (Å²) in [5.41, 5.74) is 1.48. The van der Waals surface area contributed by atoms with Crippen LogP contribution in [0.2, 0.25) is 0 Å². The summed E-state index contributed by atoms with van der Waals surface area (Å²) in [6.45, 7) is 8.34. The molecule has 0 aromatic heterocycles. The highest BCUT2D eigenvalue weighted by Crippen LogP contribution is 2.31. The smallest absolute Gasteiger partial charge is 0.379 e. The maximum Gasteiger partial charge on any atom is 0.416 e. The molecule has 0 saturated carbocycles. The number of carbonyl (C=O) groups is 1. The number of carbonyl (C=O) groups excluding carboxylic acids is 1. The Balaban J connectivity index is 1.71. The van der Waals surface area contributed by atoms with Crippen molar-refractivity contribution in [2.24, 2.45) is 0 Å². The number of rotatable bonds is 9. The minimum Gasteiger partial charge on any atom is -0.379 e. The van der Waals surface area contributed by atoms with Gasteiger partial charge < -0.3 is 14.4 Å². The summed E-state index contributed by atoms with van der Waals surface area (Å²) in [6, 6.07) is 16.7. The fourth-order valence-corrected chi connectivity index (χ4v) is 4.62. The molecule has 0 aliphatic carbocycles. The molecule has 0 spiro atoms. The molecule has 0 fully saturated rings. The molecule has 38 heavy (non-hydrogen) atoms. The molecule has 1 atom stereocenters. The number of anilines is 1. The quantitative estimate of drug-likeness (QED) is 0.282. The van der Waals surface area contributed by atoms with E-state index in [1.807, 2.05) is 38.1 Å². The zero-order valence-corrected chi connectivity index (χ0v) is 22.4. The van der Waals surface area contributed by atoms with E-state index in [9.17, 15) is 26.4 Å². The maximum absolute atomic E-state index is 13.1. The van der Waals surface area contributed by atoms with Crippen LogP contribution in [0.25, 0.3) is 0 Å². The van der Waals surface area contributed by atoms with Gasteiger partial charge in [0.1, 0.15) is 10.6 Å². The third-order valence-electron chi connectivity index (χ3n) is 6.14. The number of nitrogens with zero attached hydrogens (tertiary/aromatic N) is 1. The Morgan fingerprint density at radius 2 is 1.61 bits per heavy atom. The fraction of sp³-hybridized carbons (Fsp3) is 0.321. The second kappa shape index (κ2) is 11.9. The lowest BCUT2D eigenvalue weighted by atomic mass is 10.0. The lowest BCUT2D eigenvalue weighted by Crippen LogP contribution is -2.40. The Labute approximate surface area is 221 Å². The van der Waals surface area contributed by atoms with Crippen LogP contribution in [0.4, 0.5) is 23.7 Å². The van der Waals surface area contributed by atoms with Gasteiger partial charge in [0.15, 0.2) is 0 Å². The molecule has 0 aliphatic heterocycles. The number of hydrogen-bond acceptors (Lipinski definition) is 4. The van der Waals surface area contributed by atoms with E-state index < -0.39 is 26.8 Å². The molecule has 6 nitrogen and oxygen atoms in total. The molecule has 1 N–H and O–H groups in total. The van der Waals surface area contributed by atoms with E-state index in [2.05, 4.69) is 19.2 Å². The van der Waals surface area contributed by atoms with Crippen molar-refractivity contribution >= 4 is 21.8 Å². The summed E-state index contributed by atoms with van der Waals surface area (Å²) in [4.78, 5) is 14.1. The van der Waals surface area contributed by atoms with Gasteiger partial charge in [-0.3, -0.25) is 0 Å². The van der Waals surface area contributed by atoms with Crippen LogP contribution in [0.1, 0.15) is 56.7 Å². The SMILES string of the molecule is CC[C@@H](C)N(Cc1ccc(OS(=O)(=O)c2cccc(C(F)(F)F)c2)cc1)C(=O)Nc1ccc(C(C)C)cc1. The van der Waals surface area contributed by atoms with Crippen molar-refractivity contribution in [2.45, 2.75) is 63.7 Å². The van der Waals surface area contributed by atoms with Gasteiger partial charge in [0.05, 0.1) is 5.56 Å². The van der Waals surface area contributed by atoms with Gasteiger partial charge in [0.25, 0.3) is 0 Å². The number of benzene rings is 3. The van der Waals surface area contributed by atoms with Crippen LogP contribution >= 0.6 is 0 Å². The summed E-state index contributed by atoms with van der Waals surface area (Å²) >= 11 is 0. The molecule has 0 saturated heterocycles. The first-order valence-corrected chi connectivity index (χ1v) is 13.6. The van der Waals surface area contributed by atoms with Crippen LogP contribution in [-0.4, -0.2) is 25.4 Å². The summed E-state index contributed by atoms with van der Waals surface area (Å²) in [5.74, 6) is 0.319. The van der Waals surface area contributed by atoms with Gasteiger partial charge in [-0.15, -0.1) is 0 Å². The Hall–Kier alpha value is -3.53. The maximum atomic E-state index is 13.1. The van der Waals surface area contributed by atoms with Crippen LogP contribution in [0, 0.1) is 0 Å². The largest absolute Gasteiger partial charge is 0.416 e. The minimum absolute atomic E-state index is 0.0593. The minimum atomic E-state index is -4.68. The Morgan fingerprint density at radius 1 is 0.974 bits per heavy atom. The van der Waals surface area contributed by atoms with Crippen molar-refractivity contribution in [3.05, 3.63) is 89.5 Å². The molecule has 3 aromatic rings. The molecule has 2 amide bonds. The summed E-state index contributed by atoms with van der Waals surface area (Å²) in [6.07, 6.45) is -3.96. The number of amides is 2. The summed E-state index contributed by atoms with van der Waals surface area (Å²) in [7, 11) is -4.48. The summed E-state index contributed by atoms with van der Waals surface area (Å²) in [5, 5.41) is 2.92. The normalized spacial score (nSPS) is 12.7. The summed E-state index contributed by atoms with van der Waals surface area (Å²) < 4.78 is 69.0. The van der Waals surface area contributed by atoms with Crippen LogP contribution in [-0.2, 0) is 22.8 Å². The zero-order valence-electron chi connectivity index (χ0n) is 21.6. The first kappa shape index (κ1) is 29.0. The number of alkyl halides is 3. The van der Waals surface area contributed by atoms with E-state index in [0.717, 1.165) is 30.2 Å². The highest BCUT2D eigenvalue weighted by atomic mass is 32.2. The zero-order chi connectivity index (χ0) is 28.1. The van der Waals surface area contributed by atoms with Crippen molar-refractivity contribution in [2.75, 3.05) is 5.32 Å². The van der Waals surface area contributed by atoms with Crippen LogP contribution < -0.4 is 9.50 Å². The highest BCUT2D eigenvalue weighted by molar-refractivity contribution is 7.87. The monoisotopic (exact) mass is 548 g/mol. The van der Waals surface area contributed by atoms with Crippen molar-refractivity contribution in [3.8, 4) is 5.75 Å². The van der Waals surface area contributed by atoms with Gasteiger partial charge >= 0.3 is 22.3 Å². The van der Waals surface area contributed by atoms with Gasteiger partial charge in [-0.1, -0.05) is 51.1 Å². The standard InChI is InChI=1S/C28H31F3N2O4S/c1-5-20(4)33(27(34)32-24-13-11-22(12-14-24)19(2)3)18-21-9-15-25(16-10-21)37-38(35,36)26-8-6-7-23(17-26)28(29,30)31/h6-17,19-20H,5,18H2,1-4H3,(H,32,34)/t20-/m1/s1. The van der Waals surface area contributed by atoms with E-state index in [1.54, 1.807) is 17.0 Å². The topological polar surface area (TPSA) is 75.7 Å². The van der Waals surface area contributed by atoms with Gasteiger partial charge in [0, 0.05) is 18.3 Å². The molecular formula is C28H31F3N2O4S.